The van der Waals surface area contributed by atoms with Gasteiger partial charge < -0.3 is 10.0 Å². The van der Waals surface area contributed by atoms with Crippen molar-refractivity contribution in [2.45, 2.75) is 78.7 Å². The summed E-state index contributed by atoms with van der Waals surface area (Å²) in [7, 11) is 1.78. The SMILES string of the molecule is CC(=O)C(C)N(C)C(=O)[C@H]1CC[C@H]2[C@@H]3CC=C4C=C(C(=O)O)CC[C@]4(C)[C@H]3CC[C@]12C. The lowest BCUT2D eigenvalue weighted by Crippen LogP contribution is -2.52. The summed E-state index contributed by atoms with van der Waals surface area (Å²) in [6, 6.07) is -0.372. The fourth-order valence-corrected chi connectivity index (χ4v) is 7.61. The molecule has 5 heteroatoms. The number of hydrogen-bond donors (Lipinski definition) is 1. The fourth-order valence-electron chi connectivity index (χ4n) is 7.61. The van der Waals surface area contributed by atoms with Gasteiger partial charge >= 0.3 is 5.97 Å². The summed E-state index contributed by atoms with van der Waals surface area (Å²) < 4.78 is 0. The minimum atomic E-state index is -0.789. The van der Waals surface area contributed by atoms with Crippen molar-refractivity contribution in [2.75, 3.05) is 7.05 Å². The molecule has 1 unspecified atom stereocenters. The standard InChI is InChI=1S/C26H37NO4/c1-15(16(2)28)27(5)23(29)22-9-8-20-19-7-6-18-14-17(24(30)31)10-12-25(18,3)21(19)11-13-26(20,22)4/h6,14-15,19-22H,7-13H2,1-5H3,(H,30,31)/t15?,19-,20-,21-,22+,25-,26-/m0/s1. The van der Waals surface area contributed by atoms with E-state index < -0.39 is 5.97 Å². The Hall–Kier alpha value is -1.91. The maximum absolute atomic E-state index is 13.4. The molecule has 7 atom stereocenters. The zero-order valence-electron chi connectivity index (χ0n) is 19.6. The predicted octanol–water partition coefficient (Wildman–Crippen LogP) is 4.62. The minimum Gasteiger partial charge on any atom is -0.478 e. The van der Waals surface area contributed by atoms with E-state index in [9.17, 15) is 19.5 Å². The third kappa shape index (κ3) is 3.30. The number of likely N-dealkylation sites (N-methyl/N-ethyl adjacent to an activating group) is 1. The van der Waals surface area contributed by atoms with Crippen LogP contribution in [-0.2, 0) is 14.4 Å². The zero-order valence-corrected chi connectivity index (χ0v) is 19.6. The normalized spacial score (nSPS) is 39.9. The van der Waals surface area contributed by atoms with Crippen molar-refractivity contribution in [1.82, 2.24) is 4.90 Å². The summed E-state index contributed by atoms with van der Waals surface area (Å²) in [4.78, 5) is 38.4. The van der Waals surface area contributed by atoms with E-state index in [2.05, 4.69) is 19.9 Å². The molecule has 0 aromatic carbocycles. The van der Waals surface area contributed by atoms with Gasteiger partial charge in [0, 0.05) is 18.5 Å². The molecule has 4 aliphatic carbocycles. The Morgan fingerprint density at radius 2 is 1.84 bits per heavy atom. The number of carboxylic acid groups (broad SMARTS) is 1. The van der Waals surface area contributed by atoms with Gasteiger partial charge in [0.1, 0.15) is 0 Å². The molecule has 0 spiro atoms. The molecule has 31 heavy (non-hydrogen) atoms. The van der Waals surface area contributed by atoms with Crippen molar-refractivity contribution in [3.05, 3.63) is 23.3 Å². The molecule has 1 amide bonds. The monoisotopic (exact) mass is 427 g/mol. The number of hydrogen-bond acceptors (Lipinski definition) is 3. The highest BCUT2D eigenvalue weighted by molar-refractivity contribution is 5.88. The first-order chi connectivity index (χ1) is 14.5. The number of aliphatic carboxylic acids is 1. The quantitative estimate of drug-likeness (QED) is 0.710. The van der Waals surface area contributed by atoms with Gasteiger partial charge in [0.15, 0.2) is 5.78 Å². The van der Waals surface area contributed by atoms with E-state index >= 15 is 0 Å². The van der Waals surface area contributed by atoms with Gasteiger partial charge in [-0.3, -0.25) is 9.59 Å². The maximum Gasteiger partial charge on any atom is 0.331 e. The summed E-state index contributed by atoms with van der Waals surface area (Å²) in [6.45, 7) is 8.04. The van der Waals surface area contributed by atoms with Crippen molar-refractivity contribution in [3.63, 3.8) is 0 Å². The summed E-state index contributed by atoms with van der Waals surface area (Å²) in [5.41, 5.74) is 1.80. The van der Waals surface area contributed by atoms with Gasteiger partial charge in [0.25, 0.3) is 0 Å². The number of Topliss-reactive ketones (excluding diaryl/α,β-unsaturated/α-hetero) is 1. The molecule has 2 saturated carbocycles. The van der Waals surface area contributed by atoms with Gasteiger partial charge in [-0.05, 0) is 99.0 Å². The van der Waals surface area contributed by atoms with Gasteiger partial charge in [-0.2, -0.15) is 0 Å². The smallest absolute Gasteiger partial charge is 0.331 e. The van der Waals surface area contributed by atoms with Crippen LogP contribution in [0.25, 0.3) is 0 Å². The van der Waals surface area contributed by atoms with E-state index in [-0.39, 0.29) is 34.5 Å². The summed E-state index contributed by atoms with van der Waals surface area (Å²) in [5, 5.41) is 9.45. The topological polar surface area (TPSA) is 74.7 Å². The van der Waals surface area contributed by atoms with E-state index in [4.69, 9.17) is 0 Å². The average Bonchev–Trinajstić information content (AvgIpc) is 3.08. The predicted molar refractivity (Wildman–Crippen MR) is 119 cm³/mol. The van der Waals surface area contributed by atoms with Gasteiger partial charge in [0.05, 0.1) is 6.04 Å². The van der Waals surface area contributed by atoms with Crippen LogP contribution in [0.1, 0.15) is 72.6 Å². The Labute approximate surface area is 185 Å². The maximum atomic E-state index is 13.4. The highest BCUT2D eigenvalue weighted by atomic mass is 16.4. The van der Waals surface area contributed by atoms with Crippen LogP contribution in [0.15, 0.2) is 23.3 Å². The third-order valence-electron chi connectivity index (χ3n) is 9.86. The van der Waals surface area contributed by atoms with Crippen molar-refractivity contribution >= 4 is 17.7 Å². The summed E-state index contributed by atoms with van der Waals surface area (Å²) in [6.07, 6.45) is 10.9. The van der Waals surface area contributed by atoms with Crippen molar-refractivity contribution in [2.24, 2.45) is 34.5 Å². The van der Waals surface area contributed by atoms with Gasteiger partial charge in [0.2, 0.25) is 5.91 Å². The molecule has 0 heterocycles. The van der Waals surface area contributed by atoms with Gasteiger partial charge in [-0.15, -0.1) is 0 Å². The molecular formula is C26H37NO4. The van der Waals surface area contributed by atoms with Crippen molar-refractivity contribution < 1.29 is 19.5 Å². The second kappa shape index (κ2) is 7.60. The van der Waals surface area contributed by atoms with Crippen LogP contribution in [0.2, 0.25) is 0 Å². The largest absolute Gasteiger partial charge is 0.478 e. The van der Waals surface area contributed by atoms with E-state index in [0.29, 0.717) is 29.7 Å². The molecule has 1 N–H and O–H groups in total. The molecule has 0 radical (unpaired) electrons. The fraction of sp³-hybridized carbons (Fsp3) is 0.731. The molecule has 0 saturated heterocycles. The summed E-state index contributed by atoms with van der Waals surface area (Å²) in [5.74, 6) is 0.996. The number of nitrogens with zero attached hydrogens (tertiary/aromatic N) is 1. The zero-order chi connectivity index (χ0) is 22.7. The van der Waals surface area contributed by atoms with E-state index in [1.54, 1.807) is 18.9 Å². The molecule has 0 bridgehead atoms. The molecular weight excluding hydrogens is 390 g/mol. The Morgan fingerprint density at radius 1 is 1.13 bits per heavy atom. The molecule has 4 rings (SSSR count). The van der Waals surface area contributed by atoms with Crippen molar-refractivity contribution in [3.8, 4) is 0 Å². The van der Waals surface area contributed by atoms with Crippen LogP contribution in [0.4, 0.5) is 0 Å². The Bertz CT molecular complexity index is 873. The number of ketones is 1. The molecule has 170 valence electrons. The van der Waals surface area contributed by atoms with E-state index in [1.807, 2.05) is 13.0 Å². The van der Waals surface area contributed by atoms with Gasteiger partial charge in [-0.1, -0.05) is 19.9 Å². The number of fused-ring (bicyclic) bond motifs is 5. The third-order valence-corrected chi connectivity index (χ3v) is 9.86. The Balaban J connectivity index is 1.59. The lowest BCUT2D eigenvalue weighted by Gasteiger charge is -2.57. The molecule has 2 fully saturated rings. The number of amides is 1. The molecule has 5 nitrogen and oxygen atoms in total. The van der Waals surface area contributed by atoms with E-state index in [1.165, 1.54) is 5.57 Å². The lowest BCUT2D eigenvalue weighted by atomic mass is 9.48. The first kappa shape index (κ1) is 22.3. The van der Waals surface area contributed by atoms with Crippen LogP contribution in [-0.4, -0.2) is 40.8 Å². The summed E-state index contributed by atoms with van der Waals surface area (Å²) >= 11 is 0. The second-order valence-corrected chi connectivity index (χ2v) is 11.1. The highest BCUT2D eigenvalue weighted by Gasteiger charge is 2.60. The van der Waals surface area contributed by atoms with Gasteiger partial charge in [-0.25, -0.2) is 4.79 Å². The Kier molecular flexibility index (Phi) is 5.46. The Morgan fingerprint density at radius 3 is 2.48 bits per heavy atom. The number of rotatable bonds is 4. The van der Waals surface area contributed by atoms with Crippen LogP contribution >= 0.6 is 0 Å². The highest BCUT2D eigenvalue weighted by Crippen LogP contribution is 2.66. The molecule has 0 aliphatic heterocycles. The van der Waals surface area contributed by atoms with Crippen LogP contribution in [0.3, 0.4) is 0 Å². The molecule has 4 aliphatic rings. The van der Waals surface area contributed by atoms with E-state index in [0.717, 1.165) is 38.5 Å². The number of carbonyl (C=O) groups excluding carboxylic acids is 2. The first-order valence-electron chi connectivity index (χ1n) is 11.9. The minimum absolute atomic E-state index is 0.00621. The number of carboxylic acids is 1. The molecule has 0 aromatic rings. The van der Waals surface area contributed by atoms with Crippen LogP contribution in [0.5, 0.6) is 0 Å². The molecule has 0 aromatic heterocycles. The second-order valence-electron chi connectivity index (χ2n) is 11.1. The van der Waals surface area contributed by atoms with Crippen molar-refractivity contribution in [1.29, 1.82) is 0 Å². The average molecular weight is 428 g/mol. The number of allylic oxidation sites excluding steroid dienone is 3. The number of carbonyl (C=O) groups is 3. The van der Waals surface area contributed by atoms with Crippen LogP contribution < -0.4 is 0 Å². The van der Waals surface area contributed by atoms with Crippen LogP contribution in [0, 0.1) is 34.5 Å². The first-order valence-corrected chi connectivity index (χ1v) is 11.9. The lowest BCUT2D eigenvalue weighted by molar-refractivity contribution is -0.145.